The number of hydrogen-bond donors (Lipinski definition) is 3. The number of Topliss-reactive ketones (excluding diaryl/α,β-unsaturated/α-hetero) is 2. The van der Waals surface area contributed by atoms with E-state index >= 15 is 0 Å². The minimum absolute atomic E-state index is 0.00713. The van der Waals surface area contributed by atoms with Crippen LogP contribution in [0, 0.1) is 5.41 Å². The third kappa shape index (κ3) is 1.74. The Morgan fingerprint density at radius 1 is 0.963 bits per heavy atom. The summed E-state index contributed by atoms with van der Waals surface area (Å²) < 4.78 is 0. The van der Waals surface area contributed by atoms with Gasteiger partial charge in [-0.15, -0.1) is 0 Å². The lowest BCUT2D eigenvalue weighted by molar-refractivity contribution is -0.117. The van der Waals surface area contributed by atoms with Crippen molar-refractivity contribution in [1.29, 1.82) is 0 Å². The quantitative estimate of drug-likeness (QED) is 0.494. The smallest absolute Gasteiger partial charge is 0.182 e. The first-order chi connectivity index (χ1) is 12.9. The molecule has 0 aliphatic heterocycles. The third-order valence-electron chi connectivity index (χ3n) is 5.99. The second-order valence-corrected chi connectivity index (χ2v) is 7.44. The SMILES string of the molecule is CC1=CC23Cc4ccccc4C1C(=O)C2=C(O)c1c(O)ccc(O)c1C3=O. The number of phenols is 2. The van der Waals surface area contributed by atoms with Crippen molar-refractivity contribution in [3.63, 3.8) is 0 Å². The highest BCUT2D eigenvalue weighted by molar-refractivity contribution is 6.24. The van der Waals surface area contributed by atoms with Crippen LogP contribution >= 0.6 is 0 Å². The van der Waals surface area contributed by atoms with Crippen LogP contribution in [0.2, 0.25) is 0 Å². The number of aliphatic hydroxyl groups is 1. The number of aromatic hydroxyl groups is 2. The molecule has 5 heteroatoms. The van der Waals surface area contributed by atoms with Gasteiger partial charge in [0.25, 0.3) is 0 Å². The summed E-state index contributed by atoms with van der Waals surface area (Å²) in [6, 6.07) is 9.88. The van der Waals surface area contributed by atoms with E-state index in [9.17, 15) is 24.9 Å². The van der Waals surface area contributed by atoms with Gasteiger partial charge in [-0.25, -0.2) is 0 Å². The second kappa shape index (κ2) is 4.88. The van der Waals surface area contributed by atoms with E-state index in [2.05, 4.69) is 0 Å². The number of carbonyl (C=O) groups excluding carboxylic acids is 2. The molecule has 134 valence electrons. The molecule has 0 saturated heterocycles. The first kappa shape index (κ1) is 15.9. The number of allylic oxidation sites excluding steroid dienone is 3. The minimum atomic E-state index is -1.38. The fourth-order valence-electron chi connectivity index (χ4n) is 4.90. The first-order valence-electron chi connectivity index (χ1n) is 8.72. The van der Waals surface area contributed by atoms with Gasteiger partial charge in [0, 0.05) is 0 Å². The van der Waals surface area contributed by atoms with Crippen LogP contribution in [0.15, 0.2) is 53.6 Å². The van der Waals surface area contributed by atoms with Gasteiger partial charge in [0.1, 0.15) is 17.3 Å². The molecule has 3 N–H and O–H groups in total. The van der Waals surface area contributed by atoms with Crippen LogP contribution in [0.1, 0.15) is 39.9 Å². The van der Waals surface area contributed by atoms with Crippen LogP contribution in [-0.4, -0.2) is 26.9 Å². The molecular formula is C22H16O5. The summed E-state index contributed by atoms with van der Waals surface area (Å²) in [5, 5.41) is 31.5. The topological polar surface area (TPSA) is 94.8 Å². The lowest BCUT2D eigenvalue weighted by Crippen LogP contribution is -2.43. The fourth-order valence-corrected chi connectivity index (χ4v) is 4.90. The zero-order valence-corrected chi connectivity index (χ0v) is 14.5. The van der Waals surface area contributed by atoms with Crippen molar-refractivity contribution in [2.24, 2.45) is 5.41 Å². The van der Waals surface area contributed by atoms with Crippen LogP contribution < -0.4 is 0 Å². The highest BCUT2D eigenvalue weighted by Crippen LogP contribution is 2.57. The molecule has 2 bridgehead atoms. The minimum Gasteiger partial charge on any atom is -0.507 e. The summed E-state index contributed by atoms with van der Waals surface area (Å²) in [4.78, 5) is 27.0. The van der Waals surface area contributed by atoms with E-state index in [4.69, 9.17) is 0 Å². The van der Waals surface area contributed by atoms with Gasteiger partial charge in [-0.05, 0) is 36.6 Å². The molecule has 0 radical (unpaired) electrons. The Kier molecular flexibility index (Phi) is 2.87. The van der Waals surface area contributed by atoms with Gasteiger partial charge < -0.3 is 15.3 Å². The van der Waals surface area contributed by atoms with Crippen LogP contribution in [0.3, 0.4) is 0 Å². The average molecular weight is 360 g/mol. The summed E-state index contributed by atoms with van der Waals surface area (Å²) in [6.07, 6.45) is 1.97. The monoisotopic (exact) mass is 360 g/mol. The maximum absolute atomic E-state index is 13.6. The van der Waals surface area contributed by atoms with E-state index in [-0.39, 0.29) is 40.4 Å². The fraction of sp³-hybridized carbons (Fsp3) is 0.182. The Hall–Kier alpha value is -3.34. The van der Waals surface area contributed by atoms with E-state index in [1.807, 2.05) is 31.2 Å². The molecule has 27 heavy (non-hydrogen) atoms. The molecule has 2 aromatic rings. The van der Waals surface area contributed by atoms with Gasteiger partial charge in [-0.1, -0.05) is 35.9 Å². The van der Waals surface area contributed by atoms with Crippen LogP contribution in [0.25, 0.3) is 5.76 Å². The second-order valence-electron chi connectivity index (χ2n) is 7.44. The summed E-state index contributed by atoms with van der Waals surface area (Å²) >= 11 is 0. The molecule has 6 rings (SSSR count). The molecule has 2 atom stereocenters. The largest absolute Gasteiger partial charge is 0.507 e. The maximum Gasteiger partial charge on any atom is 0.182 e. The number of aliphatic hydroxyl groups excluding tert-OH is 1. The van der Waals surface area contributed by atoms with Crippen molar-refractivity contribution in [2.75, 3.05) is 0 Å². The number of phenolic OH excluding ortho intramolecular Hbond substituents is 2. The predicted molar refractivity (Wildman–Crippen MR) is 97.7 cm³/mol. The Balaban J connectivity index is 1.94. The van der Waals surface area contributed by atoms with Crippen molar-refractivity contribution in [2.45, 2.75) is 19.3 Å². The van der Waals surface area contributed by atoms with Crippen LogP contribution in [-0.2, 0) is 11.2 Å². The normalized spacial score (nSPS) is 25.5. The molecule has 1 spiro atoms. The summed E-state index contributed by atoms with van der Waals surface area (Å²) in [6.45, 7) is 1.81. The Morgan fingerprint density at radius 3 is 2.37 bits per heavy atom. The van der Waals surface area contributed by atoms with Gasteiger partial charge in [-0.2, -0.15) is 0 Å². The molecular weight excluding hydrogens is 344 g/mol. The zero-order chi connectivity index (χ0) is 19.1. The summed E-state index contributed by atoms with van der Waals surface area (Å²) in [7, 11) is 0. The van der Waals surface area contributed by atoms with E-state index < -0.39 is 22.9 Å². The van der Waals surface area contributed by atoms with Gasteiger partial charge in [0.15, 0.2) is 11.6 Å². The van der Waals surface area contributed by atoms with Crippen molar-refractivity contribution in [1.82, 2.24) is 0 Å². The number of hydrogen-bond acceptors (Lipinski definition) is 5. The molecule has 0 fully saturated rings. The molecule has 0 amide bonds. The number of rotatable bonds is 0. The van der Waals surface area contributed by atoms with Crippen molar-refractivity contribution in [3.8, 4) is 11.5 Å². The van der Waals surface area contributed by atoms with Crippen molar-refractivity contribution in [3.05, 3.63) is 75.9 Å². The highest BCUT2D eigenvalue weighted by atomic mass is 16.3. The lowest BCUT2D eigenvalue weighted by atomic mass is 9.61. The number of fused-ring (bicyclic) bond motifs is 1. The van der Waals surface area contributed by atoms with Crippen LogP contribution in [0.5, 0.6) is 11.5 Å². The highest BCUT2D eigenvalue weighted by Gasteiger charge is 2.57. The van der Waals surface area contributed by atoms with Gasteiger partial charge in [0.05, 0.1) is 28.0 Å². The molecule has 4 aliphatic carbocycles. The Bertz CT molecular complexity index is 1140. The molecule has 2 unspecified atom stereocenters. The first-order valence-corrected chi connectivity index (χ1v) is 8.72. The molecule has 0 heterocycles. The van der Waals surface area contributed by atoms with Gasteiger partial charge in [0.2, 0.25) is 0 Å². The number of ketones is 2. The van der Waals surface area contributed by atoms with Gasteiger partial charge in [-0.3, -0.25) is 9.59 Å². The van der Waals surface area contributed by atoms with Crippen molar-refractivity contribution < 1.29 is 24.9 Å². The molecule has 0 aromatic heterocycles. The van der Waals surface area contributed by atoms with E-state index in [0.717, 1.165) is 16.7 Å². The average Bonchev–Trinajstić information content (AvgIpc) is 2.82. The van der Waals surface area contributed by atoms with Crippen molar-refractivity contribution >= 4 is 17.3 Å². The Morgan fingerprint density at radius 2 is 1.63 bits per heavy atom. The molecule has 0 saturated carbocycles. The standard InChI is InChI=1S/C22H16O5/c1-10-8-22-9-11-4-2-3-5-12(11)15(10)19(25)18(22)20(26)16-13(23)6-7-14(24)17(16)21(22)27/h2-8,15,23-24,26H,9H2,1H3. The predicted octanol–water partition coefficient (Wildman–Crippen LogP) is 3.42. The molecule has 5 nitrogen and oxygen atoms in total. The van der Waals surface area contributed by atoms with E-state index in [1.54, 1.807) is 6.08 Å². The third-order valence-corrected chi connectivity index (χ3v) is 5.99. The molecule has 2 aromatic carbocycles. The maximum atomic E-state index is 13.6. The zero-order valence-electron chi connectivity index (χ0n) is 14.5. The lowest BCUT2D eigenvalue weighted by Gasteiger charge is -2.39. The van der Waals surface area contributed by atoms with E-state index in [1.165, 1.54) is 12.1 Å². The van der Waals surface area contributed by atoms with E-state index in [0.29, 0.717) is 0 Å². The van der Waals surface area contributed by atoms with Crippen LogP contribution in [0.4, 0.5) is 0 Å². The molecule has 4 aliphatic rings. The summed E-state index contributed by atoms with van der Waals surface area (Å²) in [5.74, 6) is -2.49. The van der Waals surface area contributed by atoms with Gasteiger partial charge >= 0.3 is 0 Å². The Labute approximate surface area is 154 Å². The summed E-state index contributed by atoms with van der Waals surface area (Å²) in [5.41, 5.74) is 0.747. The number of benzene rings is 2. The number of carbonyl (C=O) groups is 2.